The van der Waals surface area contributed by atoms with Gasteiger partial charge in [0, 0.05) is 22.6 Å². The summed E-state index contributed by atoms with van der Waals surface area (Å²) in [5, 5.41) is 8.90. The number of para-hydroxylation sites is 1. The highest BCUT2D eigenvalue weighted by molar-refractivity contribution is 9.10. The molecule has 0 aliphatic carbocycles. The van der Waals surface area contributed by atoms with E-state index in [-0.39, 0.29) is 11.3 Å². The predicted molar refractivity (Wildman–Crippen MR) is 117 cm³/mol. The Bertz CT molecular complexity index is 1090. The third-order valence-corrected chi connectivity index (χ3v) is 4.34. The van der Waals surface area contributed by atoms with Gasteiger partial charge in [0.15, 0.2) is 0 Å². The normalized spacial score (nSPS) is 10.4. The monoisotopic (exact) mass is 465 g/mol. The van der Waals surface area contributed by atoms with E-state index in [0.717, 1.165) is 4.47 Å². The third-order valence-electron chi connectivity index (χ3n) is 3.81. The topological polar surface area (TPSA) is 113 Å². The second-order valence-corrected chi connectivity index (χ2v) is 6.86. The minimum Gasteiger partial charge on any atom is -0.322 e. The van der Waals surface area contributed by atoms with Crippen LogP contribution in [0.5, 0.6) is 0 Å². The number of benzene rings is 2. The van der Waals surface area contributed by atoms with Crippen molar-refractivity contribution in [1.82, 2.24) is 10.4 Å². The molecule has 0 fully saturated rings. The number of aromatic nitrogens is 1. The zero-order chi connectivity index (χ0) is 21.3. The van der Waals surface area contributed by atoms with Gasteiger partial charge in [0.2, 0.25) is 0 Å². The molecular formula is C21H16BrN5O3. The van der Waals surface area contributed by atoms with Crippen LogP contribution in [0.15, 0.2) is 82.6 Å². The fourth-order valence-corrected chi connectivity index (χ4v) is 2.63. The summed E-state index contributed by atoms with van der Waals surface area (Å²) < 4.78 is 0.880. The van der Waals surface area contributed by atoms with Crippen LogP contribution in [-0.4, -0.2) is 28.9 Å². The minimum absolute atomic E-state index is 0.199. The molecule has 150 valence electrons. The molecule has 0 saturated carbocycles. The first-order valence-electron chi connectivity index (χ1n) is 8.73. The van der Waals surface area contributed by atoms with E-state index in [1.165, 1.54) is 12.3 Å². The fraction of sp³-hybridized carbons (Fsp3) is 0. The lowest BCUT2D eigenvalue weighted by Crippen LogP contribution is -2.33. The molecule has 0 aliphatic rings. The fourth-order valence-electron chi connectivity index (χ4n) is 2.37. The molecule has 0 aliphatic heterocycles. The van der Waals surface area contributed by atoms with Crippen molar-refractivity contribution in [2.24, 2.45) is 5.10 Å². The molecule has 3 amide bonds. The molecule has 0 saturated heterocycles. The molecule has 1 heterocycles. The van der Waals surface area contributed by atoms with Crippen LogP contribution in [-0.2, 0) is 9.59 Å². The summed E-state index contributed by atoms with van der Waals surface area (Å²) in [6.45, 7) is 0. The van der Waals surface area contributed by atoms with Gasteiger partial charge < -0.3 is 10.6 Å². The predicted octanol–water partition coefficient (Wildman–Crippen LogP) is 3.19. The van der Waals surface area contributed by atoms with Gasteiger partial charge in [0.1, 0.15) is 0 Å². The summed E-state index contributed by atoms with van der Waals surface area (Å²) >= 11 is 3.33. The highest BCUT2D eigenvalue weighted by atomic mass is 79.9. The maximum atomic E-state index is 12.6. The third kappa shape index (κ3) is 5.82. The van der Waals surface area contributed by atoms with Crippen molar-refractivity contribution in [3.63, 3.8) is 0 Å². The van der Waals surface area contributed by atoms with Gasteiger partial charge in [-0.1, -0.05) is 28.1 Å². The summed E-state index contributed by atoms with van der Waals surface area (Å²) in [7, 11) is 0. The van der Waals surface area contributed by atoms with Gasteiger partial charge in [-0.15, -0.1) is 0 Å². The van der Waals surface area contributed by atoms with Crippen molar-refractivity contribution in [2.45, 2.75) is 0 Å². The molecule has 30 heavy (non-hydrogen) atoms. The van der Waals surface area contributed by atoms with Gasteiger partial charge in [-0.3, -0.25) is 19.4 Å². The molecule has 3 N–H and O–H groups in total. The van der Waals surface area contributed by atoms with E-state index in [1.54, 1.807) is 67.0 Å². The summed E-state index contributed by atoms with van der Waals surface area (Å²) in [4.78, 5) is 40.6. The van der Waals surface area contributed by atoms with Crippen molar-refractivity contribution in [2.75, 3.05) is 10.6 Å². The number of pyridine rings is 1. The second-order valence-electron chi connectivity index (χ2n) is 5.94. The summed E-state index contributed by atoms with van der Waals surface area (Å²) in [6, 6.07) is 16.8. The lowest BCUT2D eigenvalue weighted by molar-refractivity contribution is -0.136. The molecule has 0 spiro atoms. The van der Waals surface area contributed by atoms with Crippen LogP contribution in [0.4, 0.5) is 11.4 Å². The zero-order valence-electron chi connectivity index (χ0n) is 15.5. The summed E-state index contributed by atoms with van der Waals surface area (Å²) in [5.41, 5.74) is 3.85. The van der Waals surface area contributed by atoms with E-state index in [4.69, 9.17) is 0 Å². The molecule has 0 bridgehead atoms. The zero-order valence-corrected chi connectivity index (χ0v) is 17.1. The first-order valence-corrected chi connectivity index (χ1v) is 9.52. The van der Waals surface area contributed by atoms with E-state index >= 15 is 0 Å². The molecule has 1 aromatic heterocycles. The number of amides is 3. The lowest BCUT2D eigenvalue weighted by Gasteiger charge is -2.11. The number of halogens is 1. The van der Waals surface area contributed by atoms with Crippen molar-refractivity contribution < 1.29 is 14.4 Å². The molecule has 9 heteroatoms. The van der Waals surface area contributed by atoms with E-state index in [9.17, 15) is 14.4 Å². The quantitative estimate of drug-likeness (QED) is 0.305. The molecule has 3 aromatic rings. The number of carbonyl (C=O) groups is 3. The largest absolute Gasteiger partial charge is 0.329 e. The standard InChI is InChI=1S/C21H16BrN5O3/c22-15-5-7-16(8-6-15)25-19(28)17-3-1-2-4-18(17)26-20(29)21(30)27-24-13-14-9-11-23-12-10-14/h1-13H,(H,25,28)(H,26,29)(H,27,30)/b24-13+. The number of hydrogen-bond acceptors (Lipinski definition) is 5. The van der Waals surface area contributed by atoms with Crippen LogP contribution in [0.2, 0.25) is 0 Å². The van der Waals surface area contributed by atoms with Gasteiger partial charge in [-0.05, 0) is 54.1 Å². The number of anilines is 2. The van der Waals surface area contributed by atoms with Crippen LogP contribution < -0.4 is 16.1 Å². The first-order chi connectivity index (χ1) is 14.5. The number of rotatable bonds is 5. The molecule has 3 rings (SSSR count). The maximum Gasteiger partial charge on any atom is 0.329 e. The summed E-state index contributed by atoms with van der Waals surface area (Å²) in [6.07, 6.45) is 4.53. The van der Waals surface area contributed by atoms with Gasteiger partial charge in [0.05, 0.1) is 17.5 Å². The molecule has 2 aromatic carbocycles. The number of nitrogens with zero attached hydrogens (tertiary/aromatic N) is 2. The average Bonchev–Trinajstić information content (AvgIpc) is 2.76. The van der Waals surface area contributed by atoms with E-state index in [2.05, 4.69) is 42.1 Å². The molecular weight excluding hydrogens is 450 g/mol. The Morgan fingerprint density at radius 1 is 0.867 bits per heavy atom. The van der Waals surface area contributed by atoms with Crippen LogP contribution in [0.1, 0.15) is 15.9 Å². The first kappa shape index (κ1) is 20.9. The second kappa shape index (κ2) is 10.1. The van der Waals surface area contributed by atoms with E-state index in [0.29, 0.717) is 11.3 Å². The van der Waals surface area contributed by atoms with E-state index < -0.39 is 17.7 Å². The maximum absolute atomic E-state index is 12.6. The highest BCUT2D eigenvalue weighted by Crippen LogP contribution is 2.19. The Morgan fingerprint density at radius 3 is 2.30 bits per heavy atom. The molecule has 0 unspecified atom stereocenters. The Balaban J connectivity index is 1.64. The van der Waals surface area contributed by atoms with Crippen LogP contribution in [0, 0.1) is 0 Å². The van der Waals surface area contributed by atoms with Crippen molar-refractivity contribution in [1.29, 1.82) is 0 Å². The Kier molecular flexibility index (Phi) is 7.01. The molecule has 0 radical (unpaired) electrons. The number of hydrogen-bond donors (Lipinski definition) is 3. The minimum atomic E-state index is -0.969. The average molecular weight is 466 g/mol. The van der Waals surface area contributed by atoms with Crippen molar-refractivity contribution >= 4 is 51.2 Å². The van der Waals surface area contributed by atoms with Gasteiger partial charge >= 0.3 is 11.8 Å². The lowest BCUT2D eigenvalue weighted by atomic mass is 10.1. The van der Waals surface area contributed by atoms with E-state index in [1.807, 2.05) is 0 Å². The van der Waals surface area contributed by atoms with Gasteiger partial charge in [-0.25, -0.2) is 5.43 Å². The van der Waals surface area contributed by atoms with Crippen LogP contribution in [0.3, 0.4) is 0 Å². The number of hydrazone groups is 1. The SMILES string of the molecule is O=C(N/N=C/c1ccncc1)C(=O)Nc1ccccc1C(=O)Nc1ccc(Br)cc1. The van der Waals surface area contributed by atoms with Crippen LogP contribution >= 0.6 is 15.9 Å². The Labute approximate surface area is 180 Å². The molecule has 8 nitrogen and oxygen atoms in total. The van der Waals surface area contributed by atoms with Gasteiger partial charge in [-0.2, -0.15) is 5.10 Å². The smallest absolute Gasteiger partial charge is 0.322 e. The van der Waals surface area contributed by atoms with Crippen molar-refractivity contribution in [3.05, 3.63) is 88.7 Å². The van der Waals surface area contributed by atoms with Crippen molar-refractivity contribution in [3.8, 4) is 0 Å². The molecule has 0 atom stereocenters. The Hall–Kier alpha value is -3.85. The Morgan fingerprint density at radius 2 is 1.57 bits per heavy atom. The number of nitrogens with one attached hydrogen (secondary N) is 3. The van der Waals surface area contributed by atoms with Gasteiger partial charge in [0.25, 0.3) is 5.91 Å². The highest BCUT2D eigenvalue weighted by Gasteiger charge is 2.17. The summed E-state index contributed by atoms with van der Waals surface area (Å²) in [5.74, 6) is -2.35. The van der Waals surface area contributed by atoms with Crippen LogP contribution in [0.25, 0.3) is 0 Å². The number of carbonyl (C=O) groups excluding carboxylic acids is 3.